The maximum absolute atomic E-state index is 12.3. The summed E-state index contributed by atoms with van der Waals surface area (Å²) in [4.78, 5) is 0. The van der Waals surface area contributed by atoms with Crippen LogP contribution >= 0.6 is 0 Å². The minimum Gasteiger partial charge on any atom is -0.427 e. The first-order chi connectivity index (χ1) is 6.89. The zero-order valence-electron chi connectivity index (χ0n) is 7.83. The molecule has 2 N–H and O–H groups in total. The molecular formula is C9H10BF3O2. The van der Waals surface area contributed by atoms with Crippen molar-refractivity contribution < 1.29 is 23.2 Å². The molecule has 1 aromatic rings. The van der Waals surface area contributed by atoms with Gasteiger partial charge in [-0.25, -0.2) is 0 Å². The number of halogens is 3. The summed E-state index contributed by atoms with van der Waals surface area (Å²) in [6.07, 6.45) is -4.11. The van der Waals surface area contributed by atoms with E-state index in [0.29, 0.717) is 5.56 Å². The van der Waals surface area contributed by atoms with E-state index in [1.165, 1.54) is 12.1 Å². The third-order valence-electron chi connectivity index (χ3n) is 1.95. The fraction of sp³-hybridized carbons (Fsp3) is 0.333. The molecule has 0 aliphatic rings. The van der Waals surface area contributed by atoms with Gasteiger partial charge < -0.3 is 10.0 Å². The molecular weight excluding hydrogens is 208 g/mol. The van der Waals surface area contributed by atoms with E-state index in [1.54, 1.807) is 0 Å². The Morgan fingerprint density at radius 1 is 1.20 bits per heavy atom. The highest BCUT2D eigenvalue weighted by Gasteiger charge is 2.30. The Balaban J connectivity index is 2.75. The highest BCUT2D eigenvalue weighted by atomic mass is 19.4. The Labute approximate surface area is 85.5 Å². The molecule has 1 aromatic carbocycles. The number of hydrogen-bond acceptors (Lipinski definition) is 2. The zero-order chi connectivity index (χ0) is 11.5. The molecule has 6 heteroatoms. The quantitative estimate of drug-likeness (QED) is 0.758. The number of alkyl halides is 3. The lowest BCUT2D eigenvalue weighted by Gasteiger charge is -2.08. The van der Waals surface area contributed by atoms with Crippen LogP contribution in [0.4, 0.5) is 13.2 Å². The first kappa shape index (κ1) is 12.1. The minimum atomic E-state index is -4.35. The monoisotopic (exact) mass is 218 g/mol. The molecule has 0 aliphatic carbocycles. The van der Waals surface area contributed by atoms with Crippen LogP contribution in [0.25, 0.3) is 0 Å². The Hall–Kier alpha value is -1.01. The number of rotatable bonds is 3. The van der Waals surface area contributed by atoms with Crippen LogP contribution in [0, 0.1) is 0 Å². The number of aryl methyl sites for hydroxylation is 1. The van der Waals surface area contributed by atoms with Crippen LogP contribution in [-0.4, -0.2) is 17.2 Å². The SMILES string of the molecule is OB(O)CCc1cccc(C(F)(F)F)c1. The lowest BCUT2D eigenvalue weighted by atomic mass is 9.82. The molecule has 0 aliphatic heterocycles. The lowest BCUT2D eigenvalue weighted by molar-refractivity contribution is -0.137. The minimum absolute atomic E-state index is 0.0291. The van der Waals surface area contributed by atoms with Gasteiger partial charge in [-0.2, -0.15) is 13.2 Å². The largest absolute Gasteiger partial charge is 0.451 e. The molecule has 0 unspecified atom stereocenters. The highest BCUT2D eigenvalue weighted by molar-refractivity contribution is 6.40. The van der Waals surface area contributed by atoms with Gasteiger partial charge in [0, 0.05) is 0 Å². The summed E-state index contributed by atoms with van der Waals surface area (Å²) in [5.74, 6) is 0. The van der Waals surface area contributed by atoms with Crippen LogP contribution in [0.5, 0.6) is 0 Å². The summed E-state index contributed by atoms with van der Waals surface area (Å²) < 4.78 is 36.8. The summed E-state index contributed by atoms with van der Waals surface area (Å²) in [6.45, 7) is 0. The molecule has 0 bridgehead atoms. The second-order valence-electron chi connectivity index (χ2n) is 3.22. The van der Waals surface area contributed by atoms with Crippen LogP contribution in [0.1, 0.15) is 11.1 Å². The second-order valence-corrected chi connectivity index (χ2v) is 3.22. The average molecular weight is 218 g/mol. The van der Waals surface area contributed by atoms with E-state index in [2.05, 4.69) is 0 Å². The van der Waals surface area contributed by atoms with E-state index in [0.717, 1.165) is 12.1 Å². The summed E-state index contributed by atoms with van der Waals surface area (Å²) >= 11 is 0. The molecule has 0 saturated heterocycles. The standard InChI is InChI=1S/C9H10BF3O2/c11-9(12,13)8-3-1-2-7(6-8)4-5-10(14)15/h1-3,6,14-15H,4-5H2. The third-order valence-corrected chi connectivity index (χ3v) is 1.95. The Morgan fingerprint density at radius 3 is 2.40 bits per heavy atom. The maximum atomic E-state index is 12.3. The normalized spacial score (nSPS) is 11.5. The van der Waals surface area contributed by atoms with Gasteiger partial charge >= 0.3 is 13.3 Å². The van der Waals surface area contributed by atoms with Crippen molar-refractivity contribution in [3.8, 4) is 0 Å². The van der Waals surface area contributed by atoms with Crippen LogP contribution in [0.2, 0.25) is 6.32 Å². The smallest absolute Gasteiger partial charge is 0.427 e. The van der Waals surface area contributed by atoms with E-state index in [4.69, 9.17) is 10.0 Å². The first-order valence-corrected chi connectivity index (χ1v) is 4.42. The maximum Gasteiger partial charge on any atom is 0.451 e. The van der Waals surface area contributed by atoms with Gasteiger partial charge in [0.05, 0.1) is 5.56 Å². The predicted octanol–water partition coefficient (Wildman–Crippen LogP) is 1.72. The summed E-state index contributed by atoms with van der Waals surface area (Å²) in [5.41, 5.74) is -0.273. The van der Waals surface area contributed by atoms with E-state index in [-0.39, 0.29) is 12.7 Å². The first-order valence-electron chi connectivity index (χ1n) is 4.42. The molecule has 15 heavy (non-hydrogen) atoms. The van der Waals surface area contributed by atoms with Gasteiger partial charge in [-0.3, -0.25) is 0 Å². The van der Waals surface area contributed by atoms with Crippen LogP contribution < -0.4 is 0 Å². The van der Waals surface area contributed by atoms with Gasteiger partial charge in [-0.05, 0) is 24.4 Å². The Bertz CT molecular complexity index is 325. The molecule has 0 aromatic heterocycles. The van der Waals surface area contributed by atoms with Crippen molar-refractivity contribution in [1.82, 2.24) is 0 Å². The summed E-state index contributed by atoms with van der Waals surface area (Å²) in [7, 11) is -1.49. The summed E-state index contributed by atoms with van der Waals surface area (Å²) in [6, 6.07) is 4.83. The topological polar surface area (TPSA) is 40.5 Å². The zero-order valence-corrected chi connectivity index (χ0v) is 7.83. The number of hydrogen-bond donors (Lipinski definition) is 2. The van der Waals surface area contributed by atoms with Gasteiger partial charge in [-0.15, -0.1) is 0 Å². The molecule has 0 spiro atoms. The number of benzene rings is 1. The van der Waals surface area contributed by atoms with Gasteiger partial charge in [-0.1, -0.05) is 18.2 Å². The molecule has 1 rings (SSSR count). The van der Waals surface area contributed by atoms with E-state index in [9.17, 15) is 13.2 Å². The van der Waals surface area contributed by atoms with E-state index >= 15 is 0 Å². The Kier molecular flexibility index (Phi) is 3.76. The molecule has 0 atom stereocenters. The van der Waals surface area contributed by atoms with Gasteiger partial charge in [0.2, 0.25) is 0 Å². The third kappa shape index (κ3) is 3.93. The van der Waals surface area contributed by atoms with E-state index in [1.807, 2.05) is 0 Å². The molecule has 0 radical (unpaired) electrons. The fourth-order valence-electron chi connectivity index (χ4n) is 1.20. The Morgan fingerprint density at radius 2 is 1.87 bits per heavy atom. The van der Waals surface area contributed by atoms with Crippen molar-refractivity contribution in [2.45, 2.75) is 18.9 Å². The van der Waals surface area contributed by atoms with E-state index < -0.39 is 18.9 Å². The van der Waals surface area contributed by atoms with Crippen molar-refractivity contribution in [3.05, 3.63) is 35.4 Å². The lowest BCUT2D eigenvalue weighted by Crippen LogP contribution is -2.11. The molecule has 0 saturated carbocycles. The van der Waals surface area contributed by atoms with Crippen molar-refractivity contribution in [2.24, 2.45) is 0 Å². The average Bonchev–Trinajstić information content (AvgIpc) is 2.14. The van der Waals surface area contributed by atoms with Gasteiger partial charge in [0.15, 0.2) is 0 Å². The molecule has 0 fully saturated rings. The van der Waals surface area contributed by atoms with Crippen LogP contribution in [0.15, 0.2) is 24.3 Å². The van der Waals surface area contributed by atoms with Gasteiger partial charge in [0.1, 0.15) is 0 Å². The molecule has 82 valence electrons. The van der Waals surface area contributed by atoms with Crippen molar-refractivity contribution in [2.75, 3.05) is 0 Å². The molecule has 0 heterocycles. The van der Waals surface area contributed by atoms with Crippen LogP contribution in [0.3, 0.4) is 0 Å². The van der Waals surface area contributed by atoms with Crippen molar-refractivity contribution >= 4 is 7.12 Å². The molecule has 2 nitrogen and oxygen atoms in total. The van der Waals surface area contributed by atoms with Crippen molar-refractivity contribution in [1.29, 1.82) is 0 Å². The molecule has 0 amide bonds. The predicted molar refractivity (Wildman–Crippen MR) is 50.1 cm³/mol. The van der Waals surface area contributed by atoms with Gasteiger partial charge in [0.25, 0.3) is 0 Å². The fourth-order valence-corrected chi connectivity index (χ4v) is 1.20. The van der Waals surface area contributed by atoms with Crippen molar-refractivity contribution in [3.63, 3.8) is 0 Å². The highest BCUT2D eigenvalue weighted by Crippen LogP contribution is 2.29. The summed E-state index contributed by atoms with van der Waals surface area (Å²) in [5, 5.41) is 17.2. The van der Waals surface area contributed by atoms with Crippen LogP contribution in [-0.2, 0) is 12.6 Å². The second kappa shape index (κ2) is 4.68.